The smallest absolute Gasteiger partial charge is 0.257 e. The van der Waals surface area contributed by atoms with E-state index in [0.29, 0.717) is 0 Å². The van der Waals surface area contributed by atoms with Crippen LogP contribution in [-0.2, 0) is 0 Å². The van der Waals surface area contributed by atoms with Crippen molar-refractivity contribution in [2.45, 2.75) is 19.0 Å². The molecule has 0 saturated carbocycles. The third kappa shape index (κ3) is 0.953. The molecule has 0 unspecified atom stereocenters. The van der Waals surface area contributed by atoms with E-state index in [-0.39, 0.29) is 12.1 Å². The second-order valence-corrected chi connectivity index (χ2v) is 3.85. The van der Waals surface area contributed by atoms with Crippen LogP contribution in [0.4, 0.5) is 5.69 Å². The van der Waals surface area contributed by atoms with Gasteiger partial charge < -0.3 is 10.2 Å². The molecule has 1 amide bonds. The van der Waals surface area contributed by atoms with Gasteiger partial charge in [0.05, 0.1) is 5.56 Å². The van der Waals surface area contributed by atoms with Crippen LogP contribution in [0, 0.1) is 0 Å². The number of carbonyl (C=O) groups is 1. The normalized spacial score (nSPS) is 24.1. The molecule has 72 valence electrons. The monoisotopic (exact) mass is 188 g/mol. The van der Waals surface area contributed by atoms with Crippen molar-refractivity contribution in [3.8, 4) is 0 Å². The van der Waals surface area contributed by atoms with E-state index >= 15 is 0 Å². The summed E-state index contributed by atoms with van der Waals surface area (Å²) in [4.78, 5) is 13.9. The Bertz CT molecular complexity index is 389. The van der Waals surface area contributed by atoms with Crippen LogP contribution < -0.4 is 5.32 Å². The van der Waals surface area contributed by atoms with Crippen LogP contribution in [-0.4, -0.2) is 23.5 Å². The first kappa shape index (κ1) is 7.85. The van der Waals surface area contributed by atoms with E-state index in [2.05, 4.69) is 5.32 Å². The van der Waals surface area contributed by atoms with Crippen molar-refractivity contribution in [1.29, 1.82) is 0 Å². The van der Waals surface area contributed by atoms with E-state index in [1.165, 1.54) is 0 Å². The van der Waals surface area contributed by atoms with E-state index in [4.69, 9.17) is 0 Å². The molecule has 0 aliphatic carbocycles. The number of fused-ring (bicyclic) bond motifs is 2. The van der Waals surface area contributed by atoms with Gasteiger partial charge in [-0.05, 0) is 25.0 Å². The molecular formula is C11H12N2O. The average Bonchev–Trinajstić information content (AvgIpc) is 2.66. The van der Waals surface area contributed by atoms with Crippen LogP contribution >= 0.6 is 0 Å². The van der Waals surface area contributed by atoms with Crippen molar-refractivity contribution in [2.24, 2.45) is 0 Å². The van der Waals surface area contributed by atoms with Gasteiger partial charge in [-0.1, -0.05) is 12.1 Å². The summed E-state index contributed by atoms with van der Waals surface area (Å²) < 4.78 is 0. The van der Waals surface area contributed by atoms with Crippen molar-refractivity contribution in [3.05, 3.63) is 29.8 Å². The fourth-order valence-corrected chi connectivity index (χ4v) is 2.29. The number of hydrogen-bond donors (Lipinski definition) is 1. The molecule has 1 N–H and O–H groups in total. The summed E-state index contributed by atoms with van der Waals surface area (Å²) in [5.41, 5.74) is 1.80. The molecule has 1 aromatic rings. The number of anilines is 1. The zero-order valence-corrected chi connectivity index (χ0v) is 7.86. The SMILES string of the molecule is O=C1c2ccccc2N[C@@H]2CCCN12. The van der Waals surface area contributed by atoms with Gasteiger partial charge in [0, 0.05) is 12.2 Å². The molecule has 0 spiro atoms. The zero-order valence-electron chi connectivity index (χ0n) is 7.86. The summed E-state index contributed by atoms with van der Waals surface area (Å²) in [7, 11) is 0. The largest absolute Gasteiger partial charge is 0.364 e. The molecule has 14 heavy (non-hydrogen) atoms. The summed E-state index contributed by atoms with van der Waals surface area (Å²) in [6.07, 6.45) is 2.41. The Morgan fingerprint density at radius 2 is 2.21 bits per heavy atom. The summed E-state index contributed by atoms with van der Waals surface area (Å²) in [5.74, 6) is 0.182. The highest BCUT2D eigenvalue weighted by Crippen LogP contribution is 2.30. The van der Waals surface area contributed by atoms with Crippen molar-refractivity contribution in [1.82, 2.24) is 4.90 Å². The molecule has 1 fully saturated rings. The summed E-state index contributed by atoms with van der Waals surface area (Å²) >= 11 is 0. The van der Waals surface area contributed by atoms with Gasteiger partial charge in [-0.2, -0.15) is 0 Å². The fraction of sp³-hybridized carbons (Fsp3) is 0.364. The topological polar surface area (TPSA) is 32.3 Å². The summed E-state index contributed by atoms with van der Waals surface area (Å²) in [5, 5.41) is 3.39. The van der Waals surface area contributed by atoms with Gasteiger partial charge in [0.1, 0.15) is 6.17 Å². The maximum Gasteiger partial charge on any atom is 0.257 e. The lowest BCUT2D eigenvalue weighted by molar-refractivity contribution is 0.0740. The third-order valence-corrected chi connectivity index (χ3v) is 2.99. The first-order valence-electron chi connectivity index (χ1n) is 5.03. The minimum atomic E-state index is 0.182. The fourth-order valence-electron chi connectivity index (χ4n) is 2.29. The highest BCUT2D eigenvalue weighted by Gasteiger charge is 2.34. The van der Waals surface area contributed by atoms with Gasteiger partial charge >= 0.3 is 0 Å². The first-order valence-corrected chi connectivity index (χ1v) is 5.03. The Kier molecular flexibility index (Phi) is 1.54. The van der Waals surface area contributed by atoms with Crippen LogP contribution in [0.1, 0.15) is 23.2 Å². The van der Waals surface area contributed by atoms with Gasteiger partial charge in [-0.3, -0.25) is 4.79 Å². The molecule has 3 heteroatoms. The maximum atomic E-state index is 12.0. The van der Waals surface area contributed by atoms with Crippen molar-refractivity contribution < 1.29 is 4.79 Å². The molecule has 2 aliphatic heterocycles. The van der Waals surface area contributed by atoms with Crippen LogP contribution in [0.3, 0.4) is 0 Å². The molecule has 1 saturated heterocycles. The van der Waals surface area contributed by atoms with Gasteiger partial charge in [-0.15, -0.1) is 0 Å². The Morgan fingerprint density at radius 3 is 3.14 bits per heavy atom. The number of amides is 1. The highest BCUT2D eigenvalue weighted by molar-refractivity contribution is 6.01. The highest BCUT2D eigenvalue weighted by atomic mass is 16.2. The number of rotatable bonds is 0. The molecule has 2 aliphatic rings. The van der Waals surface area contributed by atoms with Crippen molar-refractivity contribution in [2.75, 3.05) is 11.9 Å². The van der Waals surface area contributed by atoms with E-state index in [1.807, 2.05) is 29.2 Å². The lowest BCUT2D eigenvalue weighted by Crippen LogP contribution is -2.44. The van der Waals surface area contributed by atoms with Crippen molar-refractivity contribution >= 4 is 11.6 Å². The molecular weight excluding hydrogens is 176 g/mol. The lowest BCUT2D eigenvalue weighted by atomic mass is 10.1. The number of carbonyl (C=O) groups excluding carboxylic acids is 1. The van der Waals surface area contributed by atoms with E-state index in [1.54, 1.807) is 0 Å². The number of benzene rings is 1. The minimum absolute atomic E-state index is 0.182. The van der Waals surface area contributed by atoms with Crippen LogP contribution in [0.5, 0.6) is 0 Å². The Labute approximate surface area is 82.7 Å². The molecule has 0 bridgehead atoms. The Morgan fingerprint density at radius 1 is 1.36 bits per heavy atom. The predicted molar refractivity (Wildman–Crippen MR) is 54.1 cm³/mol. The summed E-state index contributed by atoms with van der Waals surface area (Å²) in [6, 6.07) is 7.74. The van der Waals surface area contributed by atoms with Crippen LogP contribution in [0.2, 0.25) is 0 Å². The quantitative estimate of drug-likeness (QED) is 0.671. The molecule has 3 nitrogen and oxygen atoms in total. The van der Waals surface area contributed by atoms with Gasteiger partial charge in [0.2, 0.25) is 0 Å². The van der Waals surface area contributed by atoms with E-state index in [0.717, 1.165) is 30.6 Å². The first-order chi connectivity index (χ1) is 6.86. The van der Waals surface area contributed by atoms with Crippen LogP contribution in [0.15, 0.2) is 24.3 Å². The number of para-hydroxylation sites is 1. The zero-order chi connectivity index (χ0) is 9.54. The van der Waals surface area contributed by atoms with E-state index < -0.39 is 0 Å². The minimum Gasteiger partial charge on any atom is -0.364 e. The van der Waals surface area contributed by atoms with Crippen LogP contribution in [0.25, 0.3) is 0 Å². The van der Waals surface area contributed by atoms with Crippen molar-refractivity contribution in [3.63, 3.8) is 0 Å². The Hall–Kier alpha value is -1.51. The van der Waals surface area contributed by atoms with E-state index in [9.17, 15) is 4.79 Å². The molecule has 1 aromatic carbocycles. The standard InChI is InChI=1S/C11H12N2O/c14-11-8-4-1-2-5-9(8)12-10-6-3-7-13(10)11/h1-2,4-5,10,12H,3,6-7H2/t10-/m0/s1. The van der Waals surface area contributed by atoms with Gasteiger partial charge in [0.25, 0.3) is 5.91 Å². The lowest BCUT2D eigenvalue weighted by Gasteiger charge is -2.32. The average molecular weight is 188 g/mol. The maximum absolute atomic E-state index is 12.0. The van der Waals surface area contributed by atoms with Gasteiger partial charge in [0.15, 0.2) is 0 Å². The molecule has 3 rings (SSSR count). The third-order valence-electron chi connectivity index (χ3n) is 2.99. The number of hydrogen-bond acceptors (Lipinski definition) is 2. The number of nitrogens with one attached hydrogen (secondary N) is 1. The molecule has 0 radical (unpaired) electrons. The second kappa shape index (κ2) is 2.74. The summed E-state index contributed by atoms with van der Waals surface area (Å²) in [6.45, 7) is 0.894. The predicted octanol–water partition coefficient (Wildman–Crippen LogP) is 1.67. The second-order valence-electron chi connectivity index (χ2n) is 3.85. The molecule has 0 aromatic heterocycles. The van der Waals surface area contributed by atoms with Gasteiger partial charge in [-0.25, -0.2) is 0 Å². The molecule has 2 heterocycles. The number of nitrogens with zero attached hydrogens (tertiary/aromatic N) is 1. The Balaban J connectivity index is 2.08. The molecule has 1 atom stereocenters.